The van der Waals surface area contributed by atoms with Crippen LogP contribution in [0, 0.1) is 6.92 Å². The van der Waals surface area contributed by atoms with Gasteiger partial charge < -0.3 is 10.2 Å². The number of nitrogens with zero attached hydrogens (tertiary/aromatic N) is 1. The van der Waals surface area contributed by atoms with E-state index in [0.717, 1.165) is 24.8 Å². The molecule has 2 N–H and O–H groups in total. The quantitative estimate of drug-likeness (QED) is 0.690. The van der Waals surface area contributed by atoms with Gasteiger partial charge in [0.1, 0.15) is 0 Å². The Morgan fingerprint density at radius 3 is 2.58 bits per heavy atom. The van der Waals surface area contributed by atoms with Gasteiger partial charge in [0, 0.05) is 19.1 Å². The highest BCUT2D eigenvalue weighted by Crippen LogP contribution is 2.23. The summed E-state index contributed by atoms with van der Waals surface area (Å²) in [6.45, 7) is 5.17. The third-order valence-electron chi connectivity index (χ3n) is 5.83. The lowest BCUT2D eigenvalue weighted by Crippen LogP contribution is -2.59. The lowest BCUT2D eigenvalue weighted by Gasteiger charge is -2.41. The number of rotatable bonds is 7. The Balaban J connectivity index is 1.84. The van der Waals surface area contributed by atoms with Gasteiger partial charge >= 0.3 is 6.03 Å². The molecule has 3 rings (SSSR count). The predicted octanol–water partition coefficient (Wildman–Crippen LogP) is 3.24. The minimum Gasteiger partial charge on any atom is -0.338 e. The molecule has 1 heterocycles. The molecule has 0 spiro atoms. The monoisotopic (exact) mass is 443 g/mol. The molecule has 0 saturated carbocycles. The zero-order valence-electron chi connectivity index (χ0n) is 18.6. The van der Waals surface area contributed by atoms with Crippen molar-refractivity contribution < 1.29 is 13.2 Å². The molecular formula is C24H33N3O3S. The third kappa shape index (κ3) is 6.55. The maximum absolute atomic E-state index is 12.7. The van der Waals surface area contributed by atoms with Gasteiger partial charge in [-0.1, -0.05) is 48.5 Å². The number of carbonyl (C=O) groups excluding carboxylic acids is 1. The van der Waals surface area contributed by atoms with Crippen LogP contribution in [-0.2, 0) is 22.9 Å². The molecule has 31 heavy (non-hydrogen) atoms. The zero-order chi connectivity index (χ0) is 22.4. The number of sulfonamides is 1. The summed E-state index contributed by atoms with van der Waals surface area (Å²) >= 11 is 0. The average molecular weight is 444 g/mol. The third-order valence-corrected chi connectivity index (χ3v) is 6.56. The molecule has 1 saturated heterocycles. The number of piperidine rings is 1. The first kappa shape index (κ1) is 23.3. The highest BCUT2D eigenvalue weighted by Gasteiger charge is 2.35. The van der Waals surface area contributed by atoms with Gasteiger partial charge in [0.05, 0.1) is 12.3 Å². The second-order valence-corrected chi connectivity index (χ2v) is 10.1. The van der Waals surface area contributed by atoms with E-state index >= 15 is 0 Å². The van der Waals surface area contributed by atoms with E-state index in [1.54, 1.807) is 4.90 Å². The normalized spacial score (nSPS) is 19.3. The van der Waals surface area contributed by atoms with E-state index in [0.29, 0.717) is 19.5 Å². The largest absolute Gasteiger partial charge is 0.338 e. The Hall–Kier alpha value is -2.38. The van der Waals surface area contributed by atoms with Crippen molar-refractivity contribution in [2.75, 3.05) is 19.3 Å². The first-order chi connectivity index (χ1) is 14.8. The van der Waals surface area contributed by atoms with Gasteiger partial charge in [-0.15, -0.1) is 0 Å². The molecule has 0 aromatic heterocycles. The number of likely N-dealkylation sites (tertiary alicyclic amines) is 1. The van der Waals surface area contributed by atoms with Gasteiger partial charge in [-0.25, -0.2) is 17.9 Å². The maximum atomic E-state index is 12.7. The lowest BCUT2D eigenvalue weighted by molar-refractivity contribution is 0.134. The van der Waals surface area contributed by atoms with Crippen LogP contribution in [0.25, 0.3) is 0 Å². The molecular weight excluding hydrogens is 410 g/mol. The zero-order valence-corrected chi connectivity index (χ0v) is 19.4. The molecule has 168 valence electrons. The Bertz CT molecular complexity index is 1010. The summed E-state index contributed by atoms with van der Waals surface area (Å²) in [7, 11) is -3.37. The Kier molecular flexibility index (Phi) is 7.73. The summed E-state index contributed by atoms with van der Waals surface area (Å²) < 4.78 is 26.7. The molecule has 0 bridgehead atoms. The summed E-state index contributed by atoms with van der Waals surface area (Å²) in [5.74, 6) is 0. The minimum absolute atomic E-state index is 0.136. The number of urea groups is 1. The number of benzene rings is 2. The van der Waals surface area contributed by atoms with Crippen molar-refractivity contribution in [2.45, 2.75) is 51.6 Å². The van der Waals surface area contributed by atoms with Crippen LogP contribution < -0.4 is 10.0 Å². The van der Waals surface area contributed by atoms with Crippen molar-refractivity contribution in [3.63, 3.8) is 0 Å². The van der Waals surface area contributed by atoms with Crippen LogP contribution in [0.2, 0.25) is 0 Å². The number of nitrogens with one attached hydrogen (secondary N) is 2. The van der Waals surface area contributed by atoms with Crippen molar-refractivity contribution >= 4 is 16.1 Å². The van der Waals surface area contributed by atoms with Crippen LogP contribution >= 0.6 is 0 Å². The van der Waals surface area contributed by atoms with Crippen LogP contribution in [0.4, 0.5) is 4.79 Å². The van der Waals surface area contributed by atoms with E-state index in [4.69, 9.17) is 0 Å². The van der Waals surface area contributed by atoms with Crippen LogP contribution in [0.5, 0.6) is 0 Å². The van der Waals surface area contributed by atoms with E-state index < -0.39 is 10.0 Å². The van der Waals surface area contributed by atoms with Crippen molar-refractivity contribution in [2.24, 2.45) is 0 Å². The summed E-state index contributed by atoms with van der Waals surface area (Å²) in [5.41, 5.74) is 4.87. The van der Waals surface area contributed by atoms with E-state index in [1.807, 2.05) is 19.1 Å². The molecule has 2 atom stereocenters. The number of aryl methyl sites for hydroxylation is 1. The lowest BCUT2D eigenvalue weighted by atomic mass is 9.90. The fraction of sp³-hybridized carbons (Fsp3) is 0.458. The average Bonchev–Trinajstić information content (AvgIpc) is 2.70. The maximum Gasteiger partial charge on any atom is 0.317 e. The van der Waals surface area contributed by atoms with Gasteiger partial charge in [0.25, 0.3) is 0 Å². The highest BCUT2D eigenvalue weighted by atomic mass is 32.2. The van der Waals surface area contributed by atoms with E-state index in [1.165, 1.54) is 22.9 Å². The van der Waals surface area contributed by atoms with Crippen molar-refractivity contribution in [1.29, 1.82) is 0 Å². The number of carbonyl (C=O) groups is 1. The summed E-state index contributed by atoms with van der Waals surface area (Å²) in [6.07, 6.45) is 4.12. The second kappa shape index (κ2) is 10.3. The van der Waals surface area contributed by atoms with Crippen LogP contribution in [0.3, 0.4) is 0 Å². The van der Waals surface area contributed by atoms with Crippen LogP contribution in [0.1, 0.15) is 42.0 Å². The van der Waals surface area contributed by atoms with E-state index in [-0.39, 0.29) is 18.1 Å². The summed E-state index contributed by atoms with van der Waals surface area (Å²) in [4.78, 5) is 14.5. The molecule has 1 aliphatic rings. The van der Waals surface area contributed by atoms with E-state index in [9.17, 15) is 13.2 Å². The van der Waals surface area contributed by atoms with Gasteiger partial charge in [-0.2, -0.15) is 0 Å². The Morgan fingerprint density at radius 2 is 1.87 bits per heavy atom. The molecule has 7 heteroatoms. The predicted molar refractivity (Wildman–Crippen MR) is 125 cm³/mol. The molecule has 2 amide bonds. The second-order valence-electron chi connectivity index (χ2n) is 8.36. The van der Waals surface area contributed by atoms with Gasteiger partial charge in [0.15, 0.2) is 0 Å². The van der Waals surface area contributed by atoms with Crippen molar-refractivity contribution in [1.82, 2.24) is 14.9 Å². The molecule has 1 fully saturated rings. The topological polar surface area (TPSA) is 78.5 Å². The number of hydrogen-bond donors (Lipinski definition) is 2. The Morgan fingerprint density at radius 1 is 1.13 bits per heavy atom. The molecule has 6 nitrogen and oxygen atoms in total. The SMILES string of the molecule is CCNC(=O)N1CCC[C@@H](NS(C)(=O)=O)[C@H]1Cc1cccc(Cc2ccccc2C)c1. The molecule has 2 aromatic carbocycles. The van der Waals surface area contributed by atoms with Gasteiger partial charge in [0.2, 0.25) is 10.0 Å². The first-order valence-corrected chi connectivity index (χ1v) is 12.8. The number of amides is 2. The Labute approximate surface area is 186 Å². The molecule has 0 aliphatic carbocycles. The summed E-state index contributed by atoms with van der Waals surface area (Å²) in [5, 5.41) is 2.87. The minimum atomic E-state index is -3.37. The highest BCUT2D eigenvalue weighted by molar-refractivity contribution is 7.88. The van der Waals surface area contributed by atoms with Gasteiger partial charge in [-0.3, -0.25) is 0 Å². The van der Waals surface area contributed by atoms with Crippen molar-refractivity contribution in [3.8, 4) is 0 Å². The van der Waals surface area contributed by atoms with Gasteiger partial charge in [-0.05, 0) is 61.8 Å². The van der Waals surface area contributed by atoms with Crippen LogP contribution in [-0.4, -0.2) is 50.8 Å². The first-order valence-electron chi connectivity index (χ1n) is 10.9. The van der Waals surface area contributed by atoms with E-state index in [2.05, 4.69) is 53.4 Å². The van der Waals surface area contributed by atoms with Crippen molar-refractivity contribution in [3.05, 3.63) is 70.8 Å². The molecule has 1 aliphatic heterocycles. The summed E-state index contributed by atoms with van der Waals surface area (Å²) in [6, 6.07) is 16.1. The fourth-order valence-corrected chi connectivity index (χ4v) is 5.19. The smallest absolute Gasteiger partial charge is 0.317 e. The fourth-order valence-electron chi connectivity index (χ4n) is 4.36. The number of hydrogen-bond acceptors (Lipinski definition) is 3. The standard InChI is InChI=1S/C24H33N3O3S/c1-4-25-24(28)27-14-8-13-22(26-31(3,29)30)23(27)17-20-11-7-10-19(15-20)16-21-12-6-5-9-18(21)2/h5-7,9-12,15,22-23,26H,4,8,13-14,16-17H2,1-3H3,(H,25,28)/t22-,23-/m1/s1. The molecule has 2 aromatic rings. The molecule has 0 unspecified atom stereocenters. The van der Waals surface area contributed by atoms with Crippen LogP contribution in [0.15, 0.2) is 48.5 Å². The molecule has 0 radical (unpaired) electrons.